The molecule has 0 amide bonds. The van der Waals surface area contributed by atoms with Gasteiger partial charge in [0.1, 0.15) is 17.3 Å². The zero-order valence-corrected chi connectivity index (χ0v) is 13.2. The monoisotopic (exact) mass is 302 g/mol. The summed E-state index contributed by atoms with van der Waals surface area (Å²) < 4.78 is 10.5. The number of nitrogens with zero attached hydrogens (tertiary/aromatic N) is 2. The fourth-order valence-corrected chi connectivity index (χ4v) is 1.93. The van der Waals surface area contributed by atoms with E-state index in [1.165, 1.54) is 0 Å². The van der Waals surface area contributed by atoms with Crippen LogP contribution in [0, 0.1) is 0 Å². The first-order valence-electron chi connectivity index (χ1n) is 7.32. The number of methoxy groups -OCH3 is 2. The molecule has 0 fully saturated rings. The quantitative estimate of drug-likeness (QED) is 0.728. The molecule has 0 unspecified atom stereocenters. The molecule has 0 radical (unpaired) electrons. The first kappa shape index (κ1) is 15.9. The van der Waals surface area contributed by atoms with Gasteiger partial charge in [0.15, 0.2) is 0 Å². The molecule has 1 aromatic heterocycles. The van der Waals surface area contributed by atoms with E-state index in [1.807, 2.05) is 24.3 Å². The topological polar surface area (TPSA) is 68.3 Å². The van der Waals surface area contributed by atoms with Gasteiger partial charge in [0.2, 0.25) is 5.95 Å². The summed E-state index contributed by atoms with van der Waals surface area (Å²) in [5, 5.41) is 6.44. The Morgan fingerprint density at radius 1 is 1.14 bits per heavy atom. The maximum atomic E-state index is 5.36. The molecule has 6 nitrogen and oxygen atoms in total. The van der Waals surface area contributed by atoms with Crippen molar-refractivity contribution in [2.24, 2.45) is 0 Å². The van der Waals surface area contributed by atoms with Gasteiger partial charge in [0.05, 0.1) is 19.9 Å². The lowest BCUT2D eigenvalue weighted by Gasteiger charge is -2.12. The van der Waals surface area contributed by atoms with E-state index in [1.54, 1.807) is 20.4 Å². The summed E-state index contributed by atoms with van der Waals surface area (Å²) >= 11 is 0. The van der Waals surface area contributed by atoms with Gasteiger partial charge in [0.25, 0.3) is 0 Å². The minimum absolute atomic E-state index is 0.518. The predicted molar refractivity (Wildman–Crippen MR) is 88.3 cm³/mol. The molecular weight excluding hydrogens is 280 g/mol. The molecule has 0 atom stereocenters. The Morgan fingerprint density at radius 2 is 2.00 bits per heavy atom. The number of hydrogen-bond donors (Lipinski definition) is 2. The number of anilines is 3. The van der Waals surface area contributed by atoms with Crippen LogP contribution >= 0.6 is 0 Å². The molecule has 1 aromatic carbocycles. The molecule has 0 aliphatic rings. The molecule has 6 heteroatoms. The maximum absolute atomic E-state index is 5.36. The fourth-order valence-electron chi connectivity index (χ4n) is 1.93. The molecule has 0 saturated carbocycles. The van der Waals surface area contributed by atoms with Crippen LogP contribution in [0.4, 0.5) is 17.5 Å². The molecule has 22 heavy (non-hydrogen) atoms. The Morgan fingerprint density at radius 3 is 2.73 bits per heavy atom. The van der Waals surface area contributed by atoms with E-state index in [0.29, 0.717) is 11.7 Å². The van der Waals surface area contributed by atoms with Crippen molar-refractivity contribution in [2.45, 2.75) is 19.8 Å². The number of aromatic nitrogens is 2. The predicted octanol–water partition coefficient (Wildman–Crippen LogP) is 3.45. The van der Waals surface area contributed by atoms with Crippen LogP contribution in [0.2, 0.25) is 0 Å². The molecule has 0 bridgehead atoms. The molecule has 2 rings (SSSR count). The third-order valence-electron chi connectivity index (χ3n) is 3.15. The third-order valence-corrected chi connectivity index (χ3v) is 3.15. The standard InChI is InChI=1S/C16H22N4O2/c1-4-5-9-17-15-8-10-18-16(20-15)19-13-7-6-12(21-2)11-14(13)22-3/h6-8,10-11H,4-5,9H2,1-3H3,(H2,17,18,19,20). The smallest absolute Gasteiger partial charge is 0.229 e. The van der Waals surface area contributed by atoms with Gasteiger partial charge in [-0.1, -0.05) is 13.3 Å². The van der Waals surface area contributed by atoms with Crippen molar-refractivity contribution in [3.05, 3.63) is 30.5 Å². The van der Waals surface area contributed by atoms with Gasteiger partial charge < -0.3 is 20.1 Å². The van der Waals surface area contributed by atoms with Crippen LogP contribution in [0.25, 0.3) is 0 Å². The summed E-state index contributed by atoms with van der Waals surface area (Å²) in [6, 6.07) is 7.39. The van der Waals surface area contributed by atoms with Crippen molar-refractivity contribution < 1.29 is 9.47 Å². The van der Waals surface area contributed by atoms with E-state index >= 15 is 0 Å². The van der Waals surface area contributed by atoms with E-state index in [-0.39, 0.29) is 0 Å². The van der Waals surface area contributed by atoms with Gasteiger partial charge in [-0.25, -0.2) is 4.98 Å². The SMILES string of the molecule is CCCCNc1ccnc(Nc2ccc(OC)cc2OC)n1. The van der Waals surface area contributed by atoms with Crippen LogP contribution in [-0.4, -0.2) is 30.7 Å². The maximum Gasteiger partial charge on any atom is 0.229 e. The molecular formula is C16H22N4O2. The van der Waals surface area contributed by atoms with E-state index in [2.05, 4.69) is 27.5 Å². The minimum Gasteiger partial charge on any atom is -0.497 e. The van der Waals surface area contributed by atoms with Crippen LogP contribution in [0.5, 0.6) is 11.5 Å². The lowest BCUT2D eigenvalue weighted by molar-refractivity contribution is 0.395. The molecule has 0 aliphatic heterocycles. The van der Waals surface area contributed by atoms with Gasteiger partial charge in [-0.2, -0.15) is 4.98 Å². The first-order valence-corrected chi connectivity index (χ1v) is 7.32. The molecule has 0 spiro atoms. The second kappa shape index (κ2) is 8.07. The average Bonchev–Trinajstić information content (AvgIpc) is 2.56. The highest BCUT2D eigenvalue weighted by molar-refractivity contribution is 5.64. The van der Waals surface area contributed by atoms with Crippen molar-refractivity contribution in [3.8, 4) is 11.5 Å². The molecule has 118 valence electrons. The Bertz CT molecular complexity index is 604. The lowest BCUT2D eigenvalue weighted by atomic mass is 10.2. The normalized spacial score (nSPS) is 10.1. The second-order valence-electron chi connectivity index (χ2n) is 4.74. The summed E-state index contributed by atoms with van der Waals surface area (Å²) in [6.07, 6.45) is 3.98. The van der Waals surface area contributed by atoms with Crippen LogP contribution in [0.15, 0.2) is 30.5 Å². The van der Waals surface area contributed by atoms with Crippen LogP contribution < -0.4 is 20.1 Å². The van der Waals surface area contributed by atoms with Gasteiger partial charge in [-0.05, 0) is 24.6 Å². The van der Waals surface area contributed by atoms with Gasteiger partial charge in [-0.15, -0.1) is 0 Å². The highest BCUT2D eigenvalue weighted by Gasteiger charge is 2.07. The lowest BCUT2D eigenvalue weighted by Crippen LogP contribution is -2.05. The van der Waals surface area contributed by atoms with Crippen molar-refractivity contribution >= 4 is 17.5 Å². The van der Waals surface area contributed by atoms with Crippen molar-refractivity contribution in [1.82, 2.24) is 9.97 Å². The number of ether oxygens (including phenoxy) is 2. The molecule has 0 saturated heterocycles. The number of benzene rings is 1. The molecule has 2 aromatic rings. The Kier molecular flexibility index (Phi) is 5.82. The van der Waals surface area contributed by atoms with Crippen LogP contribution in [-0.2, 0) is 0 Å². The van der Waals surface area contributed by atoms with Gasteiger partial charge in [-0.3, -0.25) is 0 Å². The Labute approximate surface area is 130 Å². The number of nitrogens with one attached hydrogen (secondary N) is 2. The largest absolute Gasteiger partial charge is 0.497 e. The summed E-state index contributed by atoms with van der Waals surface area (Å²) in [7, 11) is 3.24. The van der Waals surface area contributed by atoms with Gasteiger partial charge in [0, 0.05) is 18.8 Å². The zero-order chi connectivity index (χ0) is 15.8. The molecule has 1 heterocycles. The van der Waals surface area contributed by atoms with Crippen molar-refractivity contribution in [1.29, 1.82) is 0 Å². The summed E-state index contributed by atoms with van der Waals surface area (Å²) in [6.45, 7) is 3.06. The van der Waals surface area contributed by atoms with E-state index in [9.17, 15) is 0 Å². The Balaban J connectivity index is 2.11. The summed E-state index contributed by atoms with van der Waals surface area (Å²) in [5.74, 6) is 2.73. The van der Waals surface area contributed by atoms with Crippen molar-refractivity contribution in [3.63, 3.8) is 0 Å². The van der Waals surface area contributed by atoms with E-state index in [4.69, 9.17) is 9.47 Å². The van der Waals surface area contributed by atoms with Crippen LogP contribution in [0.3, 0.4) is 0 Å². The Hall–Kier alpha value is -2.50. The van der Waals surface area contributed by atoms with Crippen LogP contribution in [0.1, 0.15) is 19.8 Å². The van der Waals surface area contributed by atoms with Gasteiger partial charge >= 0.3 is 0 Å². The van der Waals surface area contributed by atoms with E-state index in [0.717, 1.165) is 36.6 Å². The number of unbranched alkanes of at least 4 members (excludes halogenated alkanes) is 1. The first-order chi connectivity index (χ1) is 10.8. The summed E-state index contributed by atoms with van der Waals surface area (Å²) in [4.78, 5) is 8.67. The average molecular weight is 302 g/mol. The third kappa shape index (κ3) is 4.25. The highest BCUT2D eigenvalue weighted by atomic mass is 16.5. The molecule has 2 N–H and O–H groups in total. The van der Waals surface area contributed by atoms with E-state index < -0.39 is 0 Å². The molecule has 0 aliphatic carbocycles. The second-order valence-corrected chi connectivity index (χ2v) is 4.74. The highest BCUT2D eigenvalue weighted by Crippen LogP contribution is 2.30. The number of hydrogen-bond acceptors (Lipinski definition) is 6. The fraction of sp³-hybridized carbons (Fsp3) is 0.375. The zero-order valence-electron chi connectivity index (χ0n) is 13.2. The summed E-state index contributed by atoms with van der Waals surface area (Å²) in [5.41, 5.74) is 0.786. The van der Waals surface area contributed by atoms with Crippen molar-refractivity contribution in [2.75, 3.05) is 31.4 Å². The minimum atomic E-state index is 0.518. The number of rotatable bonds is 8.